The summed E-state index contributed by atoms with van der Waals surface area (Å²) >= 11 is 0. The van der Waals surface area contributed by atoms with Crippen LogP contribution in [0.3, 0.4) is 0 Å². The maximum atomic E-state index is 12.6. The van der Waals surface area contributed by atoms with Crippen LogP contribution in [0.2, 0.25) is 0 Å². The largest absolute Gasteiger partial charge is 0.423 e. The summed E-state index contributed by atoms with van der Waals surface area (Å²) in [5.74, 6) is 0.449. The van der Waals surface area contributed by atoms with Crippen molar-refractivity contribution in [2.75, 3.05) is 50.4 Å². The number of nitrogens with zero attached hydrogens (tertiary/aromatic N) is 5. The van der Waals surface area contributed by atoms with E-state index in [1.807, 2.05) is 25.1 Å². The summed E-state index contributed by atoms with van der Waals surface area (Å²) in [5.41, 5.74) is 3.66. The topological polar surface area (TPSA) is 119 Å². The van der Waals surface area contributed by atoms with Gasteiger partial charge in [0.1, 0.15) is 6.07 Å². The molecule has 2 aromatic carbocycles. The fourth-order valence-electron chi connectivity index (χ4n) is 4.57. The molecule has 10 nitrogen and oxygen atoms in total. The molecule has 4 aromatic rings. The van der Waals surface area contributed by atoms with Crippen molar-refractivity contribution in [2.45, 2.75) is 13.3 Å². The zero-order valence-corrected chi connectivity index (χ0v) is 22.6. The number of oxazole rings is 1. The number of pyridine rings is 1. The van der Waals surface area contributed by atoms with Crippen LogP contribution in [-0.2, 0) is 4.79 Å². The van der Waals surface area contributed by atoms with Gasteiger partial charge in [0.2, 0.25) is 5.91 Å². The van der Waals surface area contributed by atoms with Crippen molar-refractivity contribution in [2.24, 2.45) is 0 Å². The molecule has 1 saturated heterocycles. The van der Waals surface area contributed by atoms with Crippen molar-refractivity contribution in [3.63, 3.8) is 0 Å². The molecule has 0 radical (unpaired) electrons. The number of hydrogen-bond acceptors (Lipinski definition) is 8. The number of likely N-dealkylation sites (N-methyl/N-ethyl adjacent to an activating group) is 1. The van der Waals surface area contributed by atoms with E-state index in [4.69, 9.17) is 4.42 Å². The normalized spacial score (nSPS) is 14.0. The molecule has 2 N–H and O–H groups in total. The molecule has 0 spiro atoms. The van der Waals surface area contributed by atoms with Crippen molar-refractivity contribution in [1.82, 2.24) is 19.4 Å². The molecule has 1 aliphatic rings. The zero-order valence-electron chi connectivity index (χ0n) is 22.6. The lowest BCUT2D eigenvalue weighted by atomic mass is 10.1. The number of nitrogens with one attached hydrogen (secondary N) is 2. The van der Waals surface area contributed by atoms with Gasteiger partial charge in [-0.15, -0.1) is 0 Å². The molecule has 40 heavy (non-hydrogen) atoms. The fraction of sp³-hybridized carbons (Fsp3) is 0.267. The van der Waals surface area contributed by atoms with Gasteiger partial charge < -0.3 is 24.9 Å². The van der Waals surface area contributed by atoms with E-state index in [2.05, 4.69) is 38.5 Å². The molecule has 3 heterocycles. The molecule has 10 heteroatoms. The Balaban J connectivity index is 1.27. The number of benzene rings is 2. The third-order valence-corrected chi connectivity index (χ3v) is 7.00. The average molecular weight is 538 g/mol. The minimum absolute atomic E-state index is 0.0266. The maximum absolute atomic E-state index is 12.6. The summed E-state index contributed by atoms with van der Waals surface area (Å²) in [6, 6.07) is 18.0. The van der Waals surface area contributed by atoms with E-state index >= 15 is 0 Å². The first kappa shape index (κ1) is 26.9. The third-order valence-electron chi connectivity index (χ3n) is 7.00. The van der Waals surface area contributed by atoms with Crippen LogP contribution in [0.1, 0.15) is 17.5 Å². The highest BCUT2D eigenvalue weighted by Gasteiger charge is 2.16. The minimum Gasteiger partial charge on any atom is -0.423 e. The second kappa shape index (κ2) is 12.0. The molecular weight excluding hydrogens is 506 g/mol. The van der Waals surface area contributed by atoms with E-state index in [0.29, 0.717) is 34.7 Å². The van der Waals surface area contributed by atoms with Gasteiger partial charge >= 0.3 is 0 Å². The van der Waals surface area contributed by atoms with Gasteiger partial charge in [-0.1, -0.05) is 12.1 Å². The summed E-state index contributed by atoms with van der Waals surface area (Å²) in [4.78, 5) is 33.9. The summed E-state index contributed by atoms with van der Waals surface area (Å²) in [6.45, 7) is 6.71. The Morgan fingerprint density at radius 1 is 1.10 bits per heavy atom. The SMILES string of the molecule is Cc1ccc(NC(=O)CCN2CCN(C)CC2)cc1Nc1ncc(-c2ccc(C#N)c(-n3ccccc3=O)c2)o1. The Bertz CT molecular complexity index is 1610. The Hall–Kier alpha value is -4.72. The van der Waals surface area contributed by atoms with Crippen LogP contribution in [0, 0.1) is 18.3 Å². The molecular formula is C30H31N7O3. The van der Waals surface area contributed by atoms with Crippen molar-refractivity contribution in [3.8, 4) is 23.1 Å². The molecule has 0 unspecified atom stereocenters. The summed E-state index contributed by atoms with van der Waals surface area (Å²) < 4.78 is 7.39. The molecule has 1 fully saturated rings. The van der Waals surface area contributed by atoms with Gasteiger partial charge in [0.05, 0.1) is 17.4 Å². The molecule has 2 aromatic heterocycles. The van der Waals surface area contributed by atoms with Crippen LogP contribution in [0.4, 0.5) is 17.4 Å². The Morgan fingerprint density at radius 2 is 1.93 bits per heavy atom. The smallest absolute Gasteiger partial charge is 0.299 e. The number of anilines is 3. The van der Waals surface area contributed by atoms with Crippen molar-refractivity contribution in [1.29, 1.82) is 5.26 Å². The second-order valence-electron chi connectivity index (χ2n) is 9.88. The van der Waals surface area contributed by atoms with Crippen LogP contribution in [0.25, 0.3) is 17.0 Å². The molecule has 0 bridgehead atoms. The van der Waals surface area contributed by atoms with E-state index in [0.717, 1.165) is 44.0 Å². The van der Waals surface area contributed by atoms with E-state index in [1.54, 1.807) is 42.7 Å². The maximum Gasteiger partial charge on any atom is 0.299 e. The highest BCUT2D eigenvalue weighted by molar-refractivity contribution is 5.91. The molecule has 0 saturated carbocycles. The van der Waals surface area contributed by atoms with Crippen molar-refractivity contribution in [3.05, 3.63) is 88.5 Å². The highest BCUT2D eigenvalue weighted by Crippen LogP contribution is 2.29. The predicted octanol–water partition coefficient (Wildman–Crippen LogP) is 3.99. The summed E-state index contributed by atoms with van der Waals surface area (Å²) in [7, 11) is 2.12. The Morgan fingerprint density at radius 3 is 2.70 bits per heavy atom. The lowest BCUT2D eigenvalue weighted by molar-refractivity contribution is -0.116. The molecule has 204 valence electrons. The lowest BCUT2D eigenvalue weighted by Gasteiger charge is -2.32. The standard InChI is InChI=1S/C30H31N7O3/c1-21-6-9-24(33-28(38)10-12-36-15-13-35(2)14-16-36)18-25(21)34-30-32-20-27(40-30)22-7-8-23(19-31)26(17-22)37-11-4-3-5-29(37)39/h3-9,11,17-18,20H,10,12-16H2,1-2H3,(H,32,34)(H,33,38). The number of hydrogen-bond donors (Lipinski definition) is 2. The second-order valence-corrected chi connectivity index (χ2v) is 9.88. The number of aromatic nitrogens is 2. The number of carbonyl (C=O) groups excluding carboxylic acids is 1. The first-order chi connectivity index (χ1) is 19.4. The molecule has 1 amide bonds. The Labute approximate surface area is 232 Å². The zero-order chi connectivity index (χ0) is 28.1. The van der Waals surface area contributed by atoms with Crippen LogP contribution in [0.5, 0.6) is 0 Å². The third kappa shape index (κ3) is 6.29. The Kier molecular flexibility index (Phi) is 8.05. The number of amides is 1. The molecule has 5 rings (SSSR count). The summed E-state index contributed by atoms with van der Waals surface area (Å²) in [5, 5.41) is 15.7. The van der Waals surface area contributed by atoms with Crippen LogP contribution in [0.15, 0.2) is 76.2 Å². The van der Waals surface area contributed by atoms with Crippen LogP contribution >= 0.6 is 0 Å². The highest BCUT2D eigenvalue weighted by atomic mass is 16.4. The van der Waals surface area contributed by atoms with Gasteiger partial charge in [-0.25, -0.2) is 4.98 Å². The predicted molar refractivity (Wildman–Crippen MR) is 154 cm³/mol. The molecule has 0 atom stereocenters. The van der Waals surface area contributed by atoms with Gasteiger partial charge in [-0.2, -0.15) is 5.26 Å². The molecule has 0 aliphatic carbocycles. The number of aryl methyl sites for hydroxylation is 1. The average Bonchev–Trinajstić information content (AvgIpc) is 3.43. The van der Waals surface area contributed by atoms with Gasteiger partial charge in [-0.05, 0) is 55.9 Å². The number of nitriles is 1. The van der Waals surface area contributed by atoms with E-state index < -0.39 is 0 Å². The monoisotopic (exact) mass is 537 g/mol. The van der Waals surface area contributed by atoms with Gasteiger partial charge in [-0.3, -0.25) is 14.2 Å². The molecule has 1 aliphatic heterocycles. The van der Waals surface area contributed by atoms with Crippen LogP contribution < -0.4 is 16.2 Å². The van der Waals surface area contributed by atoms with E-state index in [1.165, 1.54) is 10.6 Å². The van der Waals surface area contributed by atoms with Gasteiger partial charge in [0.25, 0.3) is 11.6 Å². The quantitative estimate of drug-likeness (QED) is 0.346. The lowest BCUT2D eigenvalue weighted by Crippen LogP contribution is -2.45. The first-order valence-electron chi connectivity index (χ1n) is 13.2. The van der Waals surface area contributed by atoms with Crippen molar-refractivity contribution >= 4 is 23.3 Å². The first-order valence-corrected chi connectivity index (χ1v) is 13.2. The number of carbonyl (C=O) groups is 1. The van der Waals surface area contributed by atoms with Gasteiger partial charge in [0, 0.05) is 68.3 Å². The number of rotatable bonds is 8. The van der Waals surface area contributed by atoms with Crippen molar-refractivity contribution < 1.29 is 9.21 Å². The van der Waals surface area contributed by atoms with Gasteiger partial charge in [0.15, 0.2) is 5.76 Å². The van der Waals surface area contributed by atoms with E-state index in [-0.39, 0.29) is 17.5 Å². The number of piperazine rings is 1. The fourth-order valence-corrected chi connectivity index (χ4v) is 4.57. The van der Waals surface area contributed by atoms with E-state index in [9.17, 15) is 14.9 Å². The summed E-state index contributed by atoms with van der Waals surface area (Å²) in [6.07, 6.45) is 3.64. The minimum atomic E-state index is -0.238. The van der Waals surface area contributed by atoms with Crippen LogP contribution in [-0.4, -0.2) is 65.0 Å².